The van der Waals surface area contributed by atoms with E-state index in [1.807, 2.05) is 0 Å². The van der Waals surface area contributed by atoms with Crippen molar-refractivity contribution in [1.29, 1.82) is 0 Å². The van der Waals surface area contributed by atoms with Crippen molar-refractivity contribution in [1.82, 2.24) is 0 Å². The number of ether oxygens (including phenoxy) is 2. The molecule has 0 aliphatic heterocycles. The van der Waals surface area contributed by atoms with Gasteiger partial charge in [-0.05, 0) is 77.0 Å². The van der Waals surface area contributed by atoms with Gasteiger partial charge in [-0.1, -0.05) is 191 Å². The fraction of sp³-hybridized carbons (Fsp3) is 0.800. The van der Waals surface area contributed by atoms with Crippen LogP contribution < -0.4 is 0 Å². The van der Waals surface area contributed by atoms with E-state index in [4.69, 9.17) is 14.0 Å². The highest BCUT2D eigenvalue weighted by atomic mass is 31.2. The topological polar surface area (TPSA) is 108 Å². The summed E-state index contributed by atoms with van der Waals surface area (Å²) in [5.41, 5.74) is 0. The first kappa shape index (κ1) is 57.0. The van der Waals surface area contributed by atoms with E-state index in [0.717, 1.165) is 71.3 Å². The summed E-state index contributed by atoms with van der Waals surface area (Å²) in [6.45, 7) is 3.87. The fourth-order valence-electron chi connectivity index (χ4n) is 6.78. The molecule has 0 aliphatic carbocycles. The SMILES string of the molecule is CCCCC/C=C\C/C=C\CCCCCCCCCC(=O)OCC(COP(=O)(O)OC)OC(=O)CCCCCCCCCCCCC/C=C\C/C=C\CCCCCCC. The molecule has 0 heterocycles. The van der Waals surface area contributed by atoms with Crippen molar-refractivity contribution in [3.8, 4) is 0 Å². The predicted molar refractivity (Wildman–Crippen MR) is 249 cm³/mol. The van der Waals surface area contributed by atoms with Gasteiger partial charge in [-0.2, -0.15) is 0 Å². The summed E-state index contributed by atoms with van der Waals surface area (Å²) in [6.07, 6.45) is 55.9. The number of carbonyl (C=O) groups excluding carboxylic acids is 2. The molecule has 59 heavy (non-hydrogen) atoms. The molecule has 8 nitrogen and oxygen atoms in total. The van der Waals surface area contributed by atoms with Crippen molar-refractivity contribution in [3.05, 3.63) is 48.6 Å². The van der Waals surface area contributed by atoms with Crippen LogP contribution in [0.15, 0.2) is 48.6 Å². The van der Waals surface area contributed by atoms with Crippen molar-refractivity contribution in [3.63, 3.8) is 0 Å². The Balaban J connectivity index is 3.93. The Kier molecular flexibility index (Phi) is 44.0. The van der Waals surface area contributed by atoms with Crippen LogP contribution in [0.4, 0.5) is 0 Å². The van der Waals surface area contributed by atoms with Gasteiger partial charge >= 0.3 is 19.8 Å². The van der Waals surface area contributed by atoms with Gasteiger partial charge in [0.05, 0.1) is 6.61 Å². The normalized spacial score (nSPS) is 13.6. The van der Waals surface area contributed by atoms with Crippen LogP contribution in [0.3, 0.4) is 0 Å². The van der Waals surface area contributed by atoms with E-state index in [-0.39, 0.29) is 25.4 Å². The summed E-state index contributed by atoms with van der Waals surface area (Å²) in [7, 11) is -3.21. The first-order valence-electron chi connectivity index (χ1n) is 24.3. The van der Waals surface area contributed by atoms with E-state index in [9.17, 15) is 19.0 Å². The fourth-order valence-corrected chi connectivity index (χ4v) is 7.24. The van der Waals surface area contributed by atoms with Gasteiger partial charge < -0.3 is 14.4 Å². The molecule has 0 bridgehead atoms. The molecule has 0 rings (SSSR count). The van der Waals surface area contributed by atoms with E-state index in [1.165, 1.54) is 135 Å². The highest BCUT2D eigenvalue weighted by Crippen LogP contribution is 2.42. The second-order valence-corrected chi connectivity index (χ2v) is 17.8. The Morgan fingerprint density at radius 2 is 0.814 bits per heavy atom. The number of hydrogen-bond donors (Lipinski definition) is 1. The van der Waals surface area contributed by atoms with E-state index < -0.39 is 26.5 Å². The van der Waals surface area contributed by atoms with Gasteiger partial charge in [0.1, 0.15) is 6.61 Å². The molecule has 2 unspecified atom stereocenters. The molecule has 0 fully saturated rings. The average molecular weight is 851 g/mol. The van der Waals surface area contributed by atoms with Crippen LogP contribution in [0.5, 0.6) is 0 Å². The number of unbranched alkanes of at least 4 members (excludes halogenated alkanes) is 26. The monoisotopic (exact) mass is 851 g/mol. The lowest BCUT2D eigenvalue weighted by Gasteiger charge is -2.19. The molecule has 0 radical (unpaired) electrons. The van der Waals surface area contributed by atoms with Gasteiger partial charge in [-0.3, -0.25) is 18.6 Å². The minimum atomic E-state index is -4.27. The summed E-state index contributed by atoms with van der Waals surface area (Å²) in [6, 6.07) is 0. The van der Waals surface area contributed by atoms with Crippen LogP contribution in [0.25, 0.3) is 0 Å². The molecule has 1 N–H and O–H groups in total. The summed E-state index contributed by atoms with van der Waals surface area (Å²) in [4.78, 5) is 34.6. The number of carbonyl (C=O) groups is 2. The molecule has 0 aliphatic rings. The minimum Gasteiger partial charge on any atom is -0.462 e. The van der Waals surface area contributed by atoms with Gasteiger partial charge in [0.15, 0.2) is 6.10 Å². The van der Waals surface area contributed by atoms with Gasteiger partial charge in [-0.15, -0.1) is 0 Å². The summed E-state index contributed by atoms with van der Waals surface area (Å²) >= 11 is 0. The highest BCUT2D eigenvalue weighted by Gasteiger charge is 2.24. The van der Waals surface area contributed by atoms with Gasteiger partial charge in [-0.25, -0.2) is 4.57 Å². The van der Waals surface area contributed by atoms with Crippen molar-refractivity contribution in [2.24, 2.45) is 0 Å². The Hall–Kier alpha value is -1.99. The van der Waals surface area contributed by atoms with Crippen molar-refractivity contribution >= 4 is 19.8 Å². The molecule has 344 valence electrons. The maximum absolute atomic E-state index is 12.6. The Labute approximate surface area is 363 Å². The molecule has 2 atom stereocenters. The number of esters is 2. The summed E-state index contributed by atoms with van der Waals surface area (Å²) in [5, 5.41) is 0. The molecule has 0 saturated carbocycles. The first-order valence-corrected chi connectivity index (χ1v) is 25.8. The van der Waals surface area contributed by atoms with Gasteiger partial charge in [0.25, 0.3) is 0 Å². The highest BCUT2D eigenvalue weighted by molar-refractivity contribution is 7.47. The summed E-state index contributed by atoms with van der Waals surface area (Å²) in [5.74, 6) is -0.810. The first-order chi connectivity index (χ1) is 28.8. The lowest BCUT2D eigenvalue weighted by molar-refractivity contribution is -0.161. The number of phosphoric ester groups is 1. The minimum absolute atomic E-state index is 0.230. The largest absolute Gasteiger partial charge is 0.472 e. The molecule has 0 aromatic heterocycles. The molecule has 0 spiro atoms. The zero-order chi connectivity index (χ0) is 43.2. The Morgan fingerprint density at radius 3 is 1.22 bits per heavy atom. The van der Waals surface area contributed by atoms with Crippen LogP contribution in [0.2, 0.25) is 0 Å². The van der Waals surface area contributed by atoms with Gasteiger partial charge in [0.2, 0.25) is 0 Å². The number of allylic oxidation sites excluding steroid dienone is 8. The molecule has 9 heteroatoms. The van der Waals surface area contributed by atoms with E-state index >= 15 is 0 Å². The molecule has 0 aromatic rings. The van der Waals surface area contributed by atoms with Crippen molar-refractivity contribution in [2.45, 2.75) is 238 Å². The molecule has 0 amide bonds. The van der Waals surface area contributed by atoms with E-state index in [2.05, 4.69) is 67.0 Å². The second-order valence-electron chi connectivity index (χ2n) is 16.2. The third-order valence-electron chi connectivity index (χ3n) is 10.5. The Morgan fingerprint density at radius 1 is 0.475 bits per heavy atom. The maximum Gasteiger partial charge on any atom is 0.472 e. The Bertz CT molecular complexity index is 1100. The van der Waals surface area contributed by atoms with E-state index in [1.54, 1.807) is 0 Å². The van der Waals surface area contributed by atoms with Crippen molar-refractivity contribution in [2.75, 3.05) is 20.3 Å². The van der Waals surface area contributed by atoms with Crippen molar-refractivity contribution < 1.29 is 37.6 Å². The third-order valence-corrected chi connectivity index (χ3v) is 11.5. The van der Waals surface area contributed by atoms with E-state index in [0.29, 0.717) is 6.42 Å². The average Bonchev–Trinajstić information content (AvgIpc) is 3.23. The predicted octanol–water partition coefficient (Wildman–Crippen LogP) is 15.7. The summed E-state index contributed by atoms with van der Waals surface area (Å²) < 4.78 is 32.1. The number of phosphoric acid groups is 1. The van der Waals surface area contributed by atoms with Crippen LogP contribution in [0, 0.1) is 0 Å². The van der Waals surface area contributed by atoms with Crippen LogP contribution >= 0.6 is 7.82 Å². The number of rotatable bonds is 45. The molecule has 0 aromatic carbocycles. The van der Waals surface area contributed by atoms with Gasteiger partial charge in [0, 0.05) is 20.0 Å². The zero-order valence-corrected chi connectivity index (χ0v) is 39.3. The quantitative estimate of drug-likeness (QED) is 0.0279. The van der Waals surface area contributed by atoms with Crippen LogP contribution in [0.1, 0.15) is 232 Å². The third kappa shape index (κ3) is 45.4. The molecular weight excluding hydrogens is 760 g/mol. The zero-order valence-electron chi connectivity index (χ0n) is 38.4. The number of hydrogen-bond acceptors (Lipinski definition) is 7. The smallest absolute Gasteiger partial charge is 0.462 e. The maximum atomic E-state index is 12.6. The van der Waals surface area contributed by atoms with Crippen LogP contribution in [-0.4, -0.2) is 43.3 Å². The molecule has 0 saturated heterocycles. The lowest BCUT2D eigenvalue weighted by atomic mass is 10.0. The molecular formula is C50H91O8P. The lowest BCUT2D eigenvalue weighted by Crippen LogP contribution is -2.29. The van der Waals surface area contributed by atoms with Crippen LogP contribution in [-0.2, 0) is 32.7 Å². The standard InChI is InChI=1S/C50H91O8P/c1-4-6-8-10-12-14-16-18-20-22-23-24-25-26-27-29-31-33-35-37-39-41-43-45-50(52)58-48(47-57-59(53,54)55-3)46-56-49(51)44-42-40-38-36-34-32-30-28-21-19-17-15-13-11-9-7-5-2/h13,15-16,18-19,21-23,48H,4-12,14,17,20,24-47H2,1-3H3,(H,53,54)/b15-13-,18-16-,21-19-,23-22-. The second kappa shape index (κ2) is 45.5.